The molecule has 1 fully saturated rings. The minimum absolute atomic E-state index is 1.03. The number of hydrogen-bond acceptors (Lipinski definition) is 0. The third kappa shape index (κ3) is 2.04. The van der Waals surface area contributed by atoms with Gasteiger partial charge in [0.05, 0.1) is 0 Å². The molecular weight excluding hydrogens is 156 g/mol. The summed E-state index contributed by atoms with van der Waals surface area (Å²) in [5, 5.41) is 0. The molecule has 72 valence electrons. The number of fused-ring (bicyclic) bond motifs is 2. The maximum Gasteiger partial charge on any atom is -0.0248 e. The number of hydrogen-bond donors (Lipinski definition) is 0. The van der Waals surface area contributed by atoms with Gasteiger partial charge in [-0.2, -0.15) is 0 Å². The van der Waals surface area contributed by atoms with E-state index < -0.39 is 0 Å². The van der Waals surface area contributed by atoms with Gasteiger partial charge in [0.2, 0.25) is 0 Å². The van der Waals surface area contributed by atoms with Crippen LogP contribution in [-0.2, 0) is 0 Å². The third-order valence-corrected chi connectivity index (χ3v) is 3.40. The normalized spacial score (nSPS) is 26.7. The third-order valence-electron chi connectivity index (χ3n) is 3.40. The van der Waals surface area contributed by atoms with E-state index in [1.165, 1.54) is 44.9 Å². The summed E-state index contributed by atoms with van der Waals surface area (Å²) in [6, 6.07) is 0. The summed E-state index contributed by atoms with van der Waals surface area (Å²) < 4.78 is 0. The van der Waals surface area contributed by atoms with Crippen molar-refractivity contribution in [2.75, 3.05) is 0 Å². The fraction of sp³-hybridized carbons (Fsp3) is 0.692. The Morgan fingerprint density at radius 3 is 2.92 bits per heavy atom. The van der Waals surface area contributed by atoms with E-state index in [9.17, 15) is 0 Å². The average molecular weight is 176 g/mol. The molecule has 0 amide bonds. The zero-order valence-electron chi connectivity index (χ0n) is 8.68. The van der Waals surface area contributed by atoms with Crippen molar-refractivity contribution in [2.24, 2.45) is 5.92 Å². The zero-order chi connectivity index (χ0) is 9.10. The van der Waals surface area contributed by atoms with E-state index in [-0.39, 0.29) is 0 Å². The van der Waals surface area contributed by atoms with Gasteiger partial charge in [-0.3, -0.25) is 0 Å². The van der Waals surface area contributed by atoms with Gasteiger partial charge in [-0.15, -0.1) is 0 Å². The molecule has 1 saturated carbocycles. The van der Waals surface area contributed by atoms with Gasteiger partial charge >= 0.3 is 0 Å². The minimum Gasteiger partial charge on any atom is -0.0843 e. The summed E-state index contributed by atoms with van der Waals surface area (Å²) in [5.41, 5.74) is 3.46. The van der Waals surface area contributed by atoms with Crippen LogP contribution in [0, 0.1) is 5.92 Å². The molecule has 0 aromatic rings. The summed E-state index contributed by atoms with van der Waals surface area (Å²) in [5.74, 6) is 1.03. The standard InChI is InChI=1S/C13H20/c1-2-3-4-5-6-12-9-11-7-8-13(12)10-11/h5-6,11H,2-4,7-10H2,1H3. The molecule has 2 rings (SSSR count). The molecule has 0 nitrogen and oxygen atoms in total. The van der Waals surface area contributed by atoms with E-state index in [0.717, 1.165) is 5.92 Å². The van der Waals surface area contributed by atoms with Crippen molar-refractivity contribution in [3.63, 3.8) is 0 Å². The van der Waals surface area contributed by atoms with E-state index in [1.807, 2.05) is 0 Å². The Hall–Kier alpha value is -0.520. The van der Waals surface area contributed by atoms with Crippen LogP contribution in [0.15, 0.2) is 23.3 Å². The molecule has 0 aromatic carbocycles. The Morgan fingerprint density at radius 1 is 1.38 bits per heavy atom. The number of rotatable bonds is 4. The Bertz CT molecular complexity index is 232. The molecule has 2 bridgehead atoms. The topological polar surface area (TPSA) is 0 Å². The molecule has 1 unspecified atom stereocenters. The minimum atomic E-state index is 1.03. The van der Waals surface area contributed by atoms with Gasteiger partial charge in [0.15, 0.2) is 0 Å². The van der Waals surface area contributed by atoms with Crippen LogP contribution in [0.4, 0.5) is 0 Å². The van der Waals surface area contributed by atoms with E-state index in [0.29, 0.717) is 0 Å². The van der Waals surface area contributed by atoms with Crippen molar-refractivity contribution in [1.29, 1.82) is 0 Å². The zero-order valence-corrected chi connectivity index (χ0v) is 8.68. The van der Waals surface area contributed by atoms with Gasteiger partial charge in [0.1, 0.15) is 0 Å². The van der Waals surface area contributed by atoms with Gasteiger partial charge in [-0.1, -0.05) is 37.5 Å². The smallest absolute Gasteiger partial charge is 0.0248 e. The molecule has 0 N–H and O–H groups in total. The highest BCUT2D eigenvalue weighted by atomic mass is 14.3. The van der Waals surface area contributed by atoms with Crippen molar-refractivity contribution in [3.05, 3.63) is 23.3 Å². The van der Waals surface area contributed by atoms with Crippen LogP contribution in [0.3, 0.4) is 0 Å². The first kappa shape index (κ1) is 9.05. The van der Waals surface area contributed by atoms with Gasteiger partial charge in [0.25, 0.3) is 0 Å². The Balaban J connectivity index is 1.85. The van der Waals surface area contributed by atoms with E-state index in [2.05, 4.69) is 19.1 Å². The Labute approximate surface area is 81.7 Å². The second-order valence-corrected chi connectivity index (χ2v) is 4.49. The highest BCUT2D eigenvalue weighted by Gasteiger charge is 2.28. The van der Waals surface area contributed by atoms with Crippen LogP contribution < -0.4 is 0 Å². The Morgan fingerprint density at radius 2 is 2.31 bits per heavy atom. The monoisotopic (exact) mass is 176 g/mol. The fourth-order valence-electron chi connectivity index (χ4n) is 2.59. The molecule has 13 heavy (non-hydrogen) atoms. The largest absolute Gasteiger partial charge is 0.0843 e. The highest BCUT2D eigenvalue weighted by molar-refractivity contribution is 5.33. The van der Waals surface area contributed by atoms with Crippen molar-refractivity contribution in [1.82, 2.24) is 0 Å². The van der Waals surface area contributed by atoms with Crippen molar-refractivity contribution in [2.45, 2.75) is 51.9 Å². The molecule has 0 radical (unpaired) electrons. The molecule has 1 atom stereocenters. The predicted octanol–water partition coefficient (Wildman–Crippen LogP) is 4.23. The summed E-state index contributed by atoms with van der Waals surface area (Å²) in [6.07, 6.45) is 14.4. The molecular formula is C13H20. The van der Waals surface area contributed by atoms with Gasteiger partial charge < -0.3 is 0 Å². The van der Waals surface area contributed by atoms with Crippen LogP contribution in [-0.4, -0.2) is 0 Å². The lowest BCUT2D eigenvalue weighted by molar-refractivity contribution is 0.567. The first-order valence-electron chi connectivity index (χ1n) is 5.77. The maximum atomic E-state index is 2.41. The molecule has 0 saturated heterocycles. The molecule has 0 heterocycles. The Kier molecular flexibility index (Phi) is 2.87. The summed E-state index contributed by atoms with van der Waals surface area (Å²) in [6.45, 7) is 2.26. The highest BCUT2D eigenvalue weighted by Crippen LogP contribution is 2.44. The van der Waals surface area contributed by atoms with Crippen molar-refractivity contribution in [3.8, 4) is 0 Å². The maximum absolute atomic E-state index is 2.41. The molecule has 2 aliphatic carbocycles. The second-order valence-electron chi connectivity index (χ2n) is 4.49. The molecule has 0 aromatic heterocycles. The first-order chi connectivity index (χ1) is 6.40. The van der Waals surface area contributed by atoms with Crippen LogP contribution in [0.5, 0.6) is 0 Å². The van der Waals surface area contributed by atoms with Crippen molar-refractivity contribution < 1.29 is 0 Å². The SMILES string of the molecule is CCCCC=CC1=C2CCC(C1)C2. The lowest BCUT2D eigenvalue weighted by Crippen LogP contribution is -1.91. The fourth-order valence-corrected chi connectivity index (χ4v) is 2.59. The van der Waals surface area contributed by atoms with Crippen molar-refractivity contribution >= 4 is 0 Å². The quantitative estimate of drug-likeness (QED) is 0.562. The molecule has 0 aliphatic heterocycles. The van der Waals surface area contributed by atoms with Crippen LogP contribution >= 0.6 is 0 Å². The lowest BCUT2D eigenvalue weighted by Gasteiger charge is -2.07. The molecule has 0 spiro atoms. The van der Waals surface area contributed by atoms with E-state index in [1.54, 1.807) is 11.1 Å². The van der Waals surface area contributed by atoms with Gasteiger partial charge in [-0.05, 0) is 43.6 Å². The molecule has 0 heteroatoms. The number of allylic oxidation sites excluding steroid dienone is 4. The van der Waals surface area contributed by atoms with Crippen LogP contribution in [0.1, 0.15) is 51.9 Å². The lowest BCUT2D eigenvalue weighted by atomic mass is 9.98. The van der Waals surface area contributed by atoms with Gasteiger partial charge in [0, 0.05) is 0 Å². The van der Waals surface area contributed by atoms with E-state index >= 15 is 0 Å². The summed E-state index contributed by atoms with van der Waals surface area (Å²) in [4.78, 5) is 0. The molecule has 2 aliphatic rings. The summed E-state index contributed by atoms with van der Waals surface area (Å²) >= 11 is 0. The van der Waals surface area contributed by atoms with Crippen LogP contribution in [0.25, 0.3) is 0 Å². The van der Waals surface area contributed by atoms with E-state index in [4.69, 9.17) is 0 Å². The van der Waals surface area contributed by atoms with Gasteiger partial charge in [-0.25, -0.2) is 0 Å². The number of unbranched alkanes of at least 4 members (excludes halogenated alkanes) is 2. The second kappa shape index (κ2) is 4.13. The average Bonchev–Trinajstić information content (AvgIpc) is 2.73. The predicted molar refractivity (Wildman–Crippen MR) is 57.6 cm³/mol. The summed E-state index contributed by atoms with van der Waals surface area (Å²) in [7, 11) is 0. The first-order valence-corrected chi connectivity index (χ1v) is 5.77. The van der Waals surface area contributed by atoms with Crippen LogP contribution in [0.2, 0.25) is 0 Å².